The molecule has 2 aromatic heterocycles. The number of rotatable bonds is 14. The van der Waals surface area contributed by atoms with Crippen molar-refractivity contribution in [3.63, 3.8) is 0 Å². The van der Waals surface area contributed by atoms with Crippen molar-refractivity contribution in [1.82, 2.24) is 14.9 Å². The van der Waals surface area contributed by atoms with Crippen LogP contribution in [0.1, 0.15) is 24.0 Å². The second-order valence-electron chi connectivity index (χ2n) is 12.6. The number of ether oxygens (including phenoxy) is 6. The molecule has 1 aliphatic rings. The van der Waals surface area contributed by atoms with Crippen molar-refractivity contribution in [3.8, 4) is 56.9 Å². The fourth-order valence-corrected chi connectivity index (χ4v) is 6.85. The van der Waals surface area contributed by atoms with Gasteiger partial charge in [0.25, 0.3) is 0 Å². The number of likely N-dealkylation sites (tertiary alicyclic amines) is 1. The van der Waals surface area contributed by atoms with Gasteiger partial charge in [0.05, 0.1) is 48.4 Å². The van der Waals surface area contributed by atoms with Crippen LogP contribution in [0.15, 0.2) is 85.3 Å². The van der Waals surface area contributed by atoms with Gasteiger partial charge >= 0.3 is 0 Å². The first-order valence-corrected chi connectivity index (χ1v) is 17.1. The molecular weight excluding hydrogens is 663 g/mol. The van der Waals surface area contributed by atoms with Crippen LogP contribution in [0.2, 0.25) is 0 Å². The first kappa shape index (κ1) is 36.2. The van der Waals surface area contributed by atoms with Crippen molar-refractivity contribution in [2.24, 2.45) is 0 Å². The Balaban J connectivity index is 1.19. The molecule has 0 spiro atoms. The third kappa shape index (κ3) is 8.00. The molecule has 272 valence electrons. The van der Waals surface area contributed by atoms with E-state index in [1.807, 2.05) is 55.0 Å². The highest BCUT2D eigenvalue weighted by molar-refractivity contribution is 5.71. The van der Waals surface area contributed by atoms with E-state index in [0.717, 1.165) is 66.1 Å². The van der Waals surface area contributed by atoms with Gasteiger partial charge in [0, 0.05) is 67.6 Å². The first-order chi connectivity index (χ1) is 25.4. The number of aromatic nitrogens is 2. The van der Waals surface area contributed by atoms with Crippen LogP contribution >= 0.6 is 0 Å². The number of halogens is 1. The van der Waals surface area contributed by atoms with Gasteiger partial charge in [0.15, 0.2) is 23.0 Å². The van der Waals surface area contributed by atoms with Crippen LogP contribution < -0.4 is 33.3 Å². The number of benzene rings is 3. The second-order valence-corrected chi connectivity index (χ2v) is 12.6. The molecule has 0 bridgehead atoms. The third-order valence-electron chi connectivity index (χ3n) is 9.49. The summed E-state index contributed by atoms with van der Waals surface area (Å²) in [5.74, 6) is 3.14. The van der Waals surface area contributed by atoms with Crippen molar-refractivity contribution in [1.29, 1.82) is 0 Å². The Morgan fingerprint density at radius 2 is 1.23 bits per heavy atom. The number of piperidine rings is 1. The zero-order valence-corrected chi connectivity index (χ0v) is 30.5. The normalized spacial score (nSPS) is 13.4. The molecule has 0 atom stereocenters. The smallest absolute Gasteiger partial charge is 0.203 e. The summed E-state index contributed by atoms with van der Waals surface area (Å²) in [5, 5.41) is 0. The summed E-state index contributed by atoms with van der Waals surface area (Å²) in [5.41, 5.74) is 6.72. The van der Waals surface area contributed by atoms with Crippen molar-refractivity contribution < 1.29 is 32.8 Å². The topological polar surface area (TPSA) is 87.6 Å². The Kier molecular flexibility index (Phi) is 11.6. The van der Waals surface area contributed by atoms with Gasteiger partial charge in [-0.25, -0.2) is 4.39 Å². The van der Waals surface area contributed by atoms with Crippen LogP contribution in [0, 0.1) is 5.82 Å². The molecule has 11 heteroatoms. The monoisotopic (exact) mass is 708 g/mol. The van der Waals surface area contributed by atoms with Crippen LogP contribution in [-0.2, 0) is 13.1 Å². The number of anilines is 1. The third-order valence-corrected chi connectivity index (χ3v) is 9.49. The van der Waals surface area contributed by atoms with Crippen molar-refractivity contribution in [3.05, 3.63) is 102 Å². The minimum atomic E-state index is -0.257. The number of hydrogen-bond acceptors (Lipinski definition) is 10. The summed E-state index contributed by atoms with van der Waals surface area (Å²) in [6.45, 7) is 3.23. The maximum atomic E-state index is 14.1. The molecule has 0 saturated carbocycles. The standard InChI is InChI=1S/C41H45FN4O6/c1-47-36-19-29(20-37(48-2)40(36)51-5)31-17-28(23-43-24-31)26-46(33-9-7-32(42)8-10-33)34-12-15-45(16-13-34)25-27-11-14-44-35(18-27)30-21-38(49-3)41(52-6)39(22-30)50-4/h7-11,14,17-24,34H,12-13,15-16,25-26H2,1-6H3. The highest BCUT2D eigenvalue weighted by atomic mass is 19.1. The summed E-state index contributed by atoms with van der Waals surface area (Å²) in [4.78, 5) is 14.1. The fourth-order valence-electron chi connectivity index (χ4n) is 6.85. The summed E-state index contributed by atoms with van der Waals surface area (Å²) >= 11 is 0. The number of pyridine rings is 2. The Hall–Kier alpha value is -5.55. The predicted octanol–water partition coefficient (Wildman–Crippen LogP) is 7.67. The average Bonchev–Trinajstić information content (AvgIpc) is 3.19. The Bertz CT molecular complexity index is 1920. The van der Waals surface area contributed by atoms with E-state index >= 15 is 0 Å². The Morgan fingerprint density at radius 1 is 0.654 bits per heavy atom. The predicted molar refractivity (Wildman–Crippen MR) is 200 cm³/mol. The molecule has 1 fully saturated rings. The summed E-state index contributed by atoms with van der Waals surface area (Å²) < 4.78 is 47.4. The van der Waals surface area contributed by atoms with Crippen molar-refractivity contribution in [2.45, 2.75) is 32.0 Å². The highest BCUT2D eigenvalue weighted by Gasteiger charge is 2.26. The quantitative estimate of drug-likeness (QED) is 0.115. The van der Waals surface area contributed by atoms with Gasteiger partial charge in [-0.3, -0.25) is 14.9 Å². The molecule has 0 radical (unpaired) electrons. The number of nitrogens with zero attached hydrogens (tertiary/aromatic N) is 4. The minimum Gasteiger partial charge on any atom is -0.493 e. The van der Waals surface area contributed by atoms with E-state index in [9.17, 15) is 4.39 Å². The van der Waals surface area contributed by atoms with E-state index in [0.29, 0.717) is 41.0 Å². The molecule has 0 amide bonds. The lowest BCUT2D eigenvalue weighted by atomic mass is 9.99. The van der Waals surface area contributed by atoms with Gasteiger partial charge in [-0.15, -0.1) is 0 Å². The Morgan fingerprint density at radius 3 is 1.79 bits per heavy atom. The second kappa shape index (κ2) is 16.6. The lowest BCUT2D eigenvalue weighted by molar-refractivity contribution is 0.201. The minimum absolute atomic E-state index is 0.249. The summed E-state index contributed by atoms with van der Waals surface area (Å²) in [6, 6.07) is 21.0. The van der Waals surface area contributed by atoms with E-state index in [1.54, 1.807) is 42.7 Å². The summed E-state index contributed by atoms with van der Waals surface area (Å²) in [7, 11) is 9.61. The van der Waals surface area contributed by atoms with E-state index in [1.165, 1.54) is 17.7 Å². The van der Waals surface area contributed by atoms with Gasteiger partial charge in [-0.2, -0.15) is 0 Å². The first-order valence-electron chi connectivity index (χ1n) is 17.1. The molecule has 3 aromatic carbocycles. The van der Waals surface area contributed by atoms with E-state index < -0.39 is 0 Å². The van der Waals surface area contributed by atoms with Crippen LogP contribution in [0.25, 0.3) is 22.4 Å². The van der Waals surface area contributed by atoms with Crippen molar-refractivity contribution >= 4 is 5.69 Å². The van der Waals surface area contributed by atoms with Gasteiger partial charge in [-0.1, -0.05) is 0 Å². The van der Waals surface area contributed by atoms with E-state index in [4.69, 9.17) is 28.4 Å². The molecule has 1 aliphatic heterocycles. The van der Waals surface area contributed by atoms with E-state index in [2.05, 4.69) is 38.0 Å². The van der Waals surface area contributed by atoms with Crippen LogP contribution in [0.3, 0.4) is 0 Å². The maximum absolute atomic E-state index is 14.1. The van der Waals surface area contributed by atoms with E-state index in [-0.39, 0.29) is 11.9 Å². The van der Waals surface area contributed by atoms with Crippen LogP contribution in [-0.4, -0.2) is 76.7 Å². The highest BCUT2D eigenvalue weighted by Crippen LogP contribution is 2.42. The number of methoxy groups -OCH3 is 6. The van der Waals surface area contributed by atoms with Gasteiger partial charge in [0.1, 0.15) is 5.82 Å². The maximum Gasteiger partial charge on any atom is 0.203 e. The molecule has 52 heavy (non-hydrogen) atoms. The fraction of sp³-hybridized carbons (Fsp3) is 0.317. The summed E-state index contributed by atoms with van der Waals surface area (Å²) in [6.07, 6.45) is 7.46. The molecule has 5 aromatic rings. The Labute approximate surface area is 304 Å². The lowest BCUT2D eigenvalue weighted by Gasteiger charge is -2.40. The lowest BCUT2D eigenvalue weighted by Crippen LogP contribution is -2.44. The molecule has 3 heterocycles. The van der Waals surface area contributed by atoms with Gasteiger partial charge < -0.3 is 33.3 Å². The number of hydrogen-bond donors (Lipinski definition) is 0. The zero-order chi connectivity index (χ0) is 36.6. The molecule has 10 nitrogen and oxygen atoms in total. The van der Waals surface area contributed by atoms with Gasteiger partial charge in [0.2, 0.25) is 11.5 Å². The average molecular weight is 709 g/mol. The molecule has 0 unspecified atom stereocenters. The SMILES string of the molecule is COc1cc(-c2cncc(CN(c3ccc(F)cc3)C3CCN(Cc4ccnc(-c5cc(OC)c(OC)c(OC)c5)c4)CC3)c2)cc(OC)c1OC. The van der Waals surface area contributed by atoms with Crippen molar-refractivity contribution in [2.75, 3.05) is 60.6 Å². The molecule has 0 aliphatic carbocycles. The molecule has 6 rings (SSSR count). The molecular formula is C41H45FN4O6. The molecule has 1 saturated heterocycles. The zero-order valence-electron chi connectivity index (χ0n) is 30.5. The largest absolute Gasteiger partial charge is 0.493 e. The van der Waals surface area contributed by atoms with Crippen LogP contribution in [0.4, 0.5) is 10.1 Å². The van der Waals surface area contributed by atoms with Gasteiger partial charge in [-0.05, 0) is 96.3 Å². The van der Waals surface area contributed by atoms with Crippen LogP contribution in [0.5, 0.6) is 34.5 Å². The molecule has 0 N–H and O–H groups in total.